The third-order valence-corrected chi connectivity index (χ3v) is 3.69. The molecule has 22 heavy (non-hydrogen) atoms. The maximum Gasteiger partial charge on any atom is 0.200 e. The van der Waals surface area contributed by atoms with Crippen LogP contribution in [0.3, 0.4) is 0 Å². The first kappa shape index (κ1) is 17.9. The molecule has 0 atom stereocenters. The summed E-state index contributed by atoms with van der Waals surface area (Å²) in [6.07, 6.45) is 10.5. The van der Waals surface area contributed by atoms with Crippen LogP contribution in [0.2, 0.25) is 0 Å². The third-order valence-electron chi connectivity index (χ3n) is 2.73. The van der Waals surface area contributed by atoms with E-state index in [0.29, 0.717) is 0 Å². The molecule has 0 aromatic carbocycles. The molecule has 0 aliphatic carbocycles. The van der Waals surface area contributed by atoms with Crippen molar-refractivity contribution in [2.45, 2.75) is 11.8 Å². The van der Waals surface area contributed by atoms with Crippen molar-refractivity contribution in [1.82, 2.24) is 0 Å². The smallest absolute Gasteiger partial charge is 0.200 e. The standard InChI is InChI=1S/C14H14N4O2S.ClH/c19-15-9-13-1-5-17(6-2-13)11-21-12-18-7-3-14(4-8-18)10-16-20;/h1-10H,11-12H2;1H/p+1. The summed E-state index contributed by atoms with van der Waals surface area (Å²) >= 11 is 1.76. The SMILES string of the molecule is ON=Cc1cc[n+](CSC[n+]2ccc(C=NO)cc2)cc1.[Cl-]. The quantitative estimate of drug-likeness (QED) is 0.283. The molecule has 0 aliphatic rings. The average Bonchev–Trinajstić information content (AvgIpc) is 2.51. The molecule has 0 spiro atoms. The van der Waals surface area contributed by atoms with Crippen molar-refractivity contribution in [3.05, 3.63) is 60.2 Å². The lowest BCUT2D eigenvalue weighted by Crippen LogP contribution is -3.00. The van der Waals surface area contributed by atoms with E-state index in [2.05, 4.69) is 10.3 Å². The molecule has 8 heteroatoms. The van der Waals surface area contributed by atoms with Gasteiger partial charge in [0.25, 0.3) is 0 Å². The van der Waals surface area contributed by atoms with Gasteiger partial charge in [-0.25, -0.2) is 0 Å². The van der Waals surface area contributed by atoms with Crippen LogP contribution < -0.4 is 21.5 Å². The van der Waals surface area contributed by atoms with E-state index in [9.17, 15) is 0 Å². The average molecular weight is 340 g/mol. The number of halogens is 1. The zero-order chi connectivity index (χ0) is 14.9. The van der Waals surface area contributed by atoms with Crippen molar-refractivity contribution in [2.75, 3.05) is 0 Å². The summed E-state index contributed by atoms with van der Waals surface area (Å²) in [6, 6.07) is 7.54. The second kappa shape index (κ2) is 9.75. The van der Waals surface area contributed by atoms with Crippen LogP contribution in [0.5, 0.6) is 0 Å². The number of aromatic nitrogens is 2. The largest absolute Gasteiger partial charge is 1.00 e. The molecule has 0 aliphatic heterocycles. The predicted octanol–water partition coefficient (Wildman–Crippen LogP) is -1.77. The number of rotatable bonds is 6. The first-order valence-corrected chi connectivity index (χ1v) is 7.38. The molecule has 6 nitrogen and oxygen atoms in total. The highest BCUT2D eigenvalue weighted by molar-refractivity contribution is 7.97. The second-order valence-electron chi connectivity index (χ2n) is 4.24. The molecule has 2 N–H and O–H groups in total. The summed E-state index contributed by atoms with van der Waals surface area (Å²) in [5, 5.41) is 22.9. The Hall–Kier alpha value is -2.12. The second-order valence-corrected chi connectivity index (χ2v) is 5.17. The first-order valence-electron chi connectivity index (χ1n) is 6.22. The maximum atomic E-state index is 8.44. The Morgan fingerprint density at radius 1 is 0.818 bits per heavy atom. The van der Waals surface area contributed by atoms with Gasteiger partial charge in [-0.3, -0.25) is 0 Å². The van der Waals surface area contributed by atoms with E-state index in [1.54, 1.807) is 11.8 Å². The molecule has 0 bridgehead atoms. The normalized spacial score (nSPS) is 10.9. The van der Waals surface area contributed by atoms with Gasteiger partial charge in [-0.15, -0.1) is 0 Å². The van der Waals surface area contributed by atoms with E-state index in [1.807, 2.05) is 58.2 Å². The Bertz CT molecular complexity index is 562. The highest BCUT2D eigenvalue weighted by Gasteiger charge is 2.05. The minimum absolute atomic E-state index is 0. The van der Waals surface area contributed by atoms with Gasteiger partial charge in [0.05, 0.1) is 12.4 Å². The number of pyridine rings is 2. The van der Waals surface area contributed by atoms with Gasteiger partial charge < -0.3 is 22.8 Å². The van der Waals surface area contributed by atoms with Crippen molar-refractivity contribution in [1.29, 1.82) is 0 Å². The monoisotopic (exact) mass is 339 g/mol. The van der Waals surface area contributed by atoms with Crippen LogP contribution in [-0.2, 0) is 11.8 Å². The summed E-state index contributed by atoms with van der Waals surface area (Å²) in [5.41, 5.74) is 1.71. The van der Waals surface area contributed by atoms with Crippen molar-refractivity contribution in [3.63, 3.8) is 0 Å². The summed E-state index contributed by atoms with van der Waals surface area (Å²) < 4.78 is 4.10. The van der Waals surface area contributed by atoms with Gasteiger partial charge in [-0.2, -0.15) is 9.13 Å². The zero-order valence-corrected chi connectivity index (χ0v) is 13.2. The lowest BCUT2D eigenvalue weighted by atomic mass is 10.3. The zero-order valence-electron chi connectivity index (χ0n) is 11.7. The third kappa shape index (κ3) is 5.71. The molecule has 0 saturated heterocycles. The first-order chi connectivity index (χ1) is 10.3. The van der Waals surface area contributed by atoms with Gasteiger partial charge in [0.2, 0.25) is 0 Å². The van der Waals surface area contributed by atoms with Crippen LogP contribution in [0, 0.1) is 0 Å². The summed E-state index contributed by atoms with van der Waals surface area (Å²) in [5.74, 6) is 1.65. The van der Waals surface area contributed by atoms with Crippen LogP contribution in [0.25, 0.3) is 0 Å². The fourth-order valence-electron chi connectivity index (χ4n) is 1.67. The fraction of sp³-hybridized carbons (Fsp3) is 0.143. The Labute approximate surface area is 138 Å². The lowest BCUT2D eigenvalue weighted by Gasteiger charge is -1.97. The maximum absolute atomic E-state index is 8.44. The van der Waals surface area contributed by atoms with Crippen LogP contribution in [0.15, 0.2) is 59.4 Å². The van der Waals surface area contributed by atoms with Crippen molar-refractivity contribution in [2.24, 2.45) is 10.3 Å². The molecule has 0 unspecified atom stereocenters. The Balaban J connectivity index is 0.00000242. The highest BCUT2D eigenvalue weighted by Crippen LogP contribution is 2.00. The molecule has 2 heterocycles. The Morgan fingerprint density at radius 2 is 1.18 bits per heavy atom. The number of hydrogen-bond donors (Lipinski definition) is 2. The molecule has 0 radical (unpaired) electrons. The van der Waals surface area contributed by atoms with E-state index in [1.165, 1.54) is 12.4 Å². The number of hydrogen-bond acceptors (Lipinski definition) is 5. The van der Waals surface area contributed by atoms with Crippen molar-refractivity contribution < 1.29 is 32.0 Å². The van der Waals surface area contributed by atoms with Crippen LogP contribution in [0.4, 0.5) is 0 Å². The van der Waals surface area contributed by atoms with Crippen LogP contribution >= 0.6 is 11.8 Å². The highest BCUT2D eigenvalue weighted by atomic mass is 35.5. The van der Waals surface area contributed by atoms with Crippen LogP contribution in [-0.4, -0.2) is 22.8 Å². The Kier molecular flexibility index (Phi) is 7.95. The van der Waals surface area contributed by atoms with E-state index in [4.69, 9.17) is 10.4 Å². The fourth-order valence-corrected chi connectivity index (χ4v) is 2.51. The van der Waals surface area contributed by atoms with Crippen molar-refractivity contribution >= 4 is 24.2 Å². The van der Waals surface area contributed by atoms with E-state index in [0.717, 1.165) is 22.9 Å². The summed E-state index contributed by atoms with van der Waals surface area (Å²) in [6.45, 7) is 0. The molecule has 2 aromatic heterocycles. The molecule has 2 aromatic rings. The van der Waals surface area contributed by atoms with Gasteiger partial charge in [-0.05, 0) is 11.8 Å². The van der Waals surface area contributed by atoms with E-state index in [-0.39, 0.29) is 12.4 Å². The summed E-state index contributed by atoms with van der Waals surface area (Å²) in [4.78, 5) is 0. The minimum atomic E-state index is 0. The Morgan fingerprint density at radius 3 is 1.50 bits per heavy atom. The topological polar surface area (TPSA) is 72.9 Å². The molecule has 0 saturated carbocycles. The predicted molar refractivity (Wildman–Crippen MR) is 79.6 cm³/mol. The van der Waals surface area contributed by atoms with Gasteiger partial charge in [0.15, 0.2) is 36.5 Å². The van der Waals surface area contributed by atoms with Gasteiger partial charge >= 0.3 is 0 Å². The van der Waals surface area contributed by atoms with E-state index >= 15 is 0 Å². The molecule has 116 valence electrons. The number of nitrogens with zero attached hydrogens (tertiary/aromatic N) is 4. The molecular weight excluding hydrogens is 324 g/mol. The lowest BCUT2D eigenvalue weighted by molar-refractivity contribution is -0.686. The molecule has 0 amide bonds. The molecule has 2 rings (SSSR count). The van der Waals surface area contributed by atoms with Crippen molar-refractivity contribution in [3.8, 4) is 0 Å². The van der Waals surface area contributed by atoms with Gasteiger partial charge in [0, 0.05) is 35.4 Å². The van der Waals surface area contributed by atoms with Crippen LogP contribution in [0.1, 0.15) is 11.1 Å². The summed E-state index contributed by atoms with van der Waals surface area (Å²) in [7, 11) is 0. The van der Waals surface area contributed by atoms with Gasteiger partial charge in [0.1, 0.15) is 0 Å². The molecular formula is C14H16ClN4O2S+. The number of oxime groups is 2. The van der Waals surface area contributed by atoms with Gasteiger partial charge in [-0.1, -0.05) is 10.3 Å². The number of thioether (sulfide) groups is 1. The molecule has 0 fully saturated rings. The minimum Gasteiger partial charge on any atom is -1.00 e. The van der Waals surface area contributed by atoms with E-state index < -0.39 is 0 Å².